The molecule has 2 unspecified atom stereocenters. The highest BCUT2D eigenvalue weighted by atomic mass is 16.5. The number of Topliss-reactive ketones (excluding diaryl/α,β-unsaturated/α-hetero) is 1. The number of amides is 2. The topological polar surface area (TPSA) is 87.1 Å². The zero-order valence-electron chi connectivity index (χ0n) is 18.0. The number of likely N-dealkylation sites (N-methyl/N-ethyl adjacent to an activating group) is 1. The number of hydrogen-bond acceptors (Lipinski definition) is 5. The van der Waals surface area contributed by atoms with Gasteiger partial charge in [-0.3, -0.25) is 14.4 Å². The van der Waals surface area contributed by atoms with Gasteiger partial charge in [-0.05, 0) is 25.8 Å². The Labute approximate surface area is 185 Å². The van der Waals surface area contributed by atoms with E-state index in [4.69, 9.17) is 4.74 Å². The molecule has 0 aliphatic carbocycles. The second kappa shape index (κ2) is 7.31. The van der Waals surface area contributed by atoms with Crippen molar-refractivity contribution in [1.82, 2.24) is 4.90 Å². The number of para-hydroxylation sites is 1. The number of rotatable bonds is 3. The number of benzene rings is 2. The zero-order valence-corrected chi connectivity index (χ0v) is 18.0. The minimum Gasteiger partial charge on any atom is -0.507 e. The van der Waals surface area contributed by atoms with Crippen LogP contribution in [0.5, 0.6) is 0 Å². The van der Waals surface area contributed by atoms with Crippen LogP contribution in [-0.2, 0) is 24.7 Å². The lowest BCUT2D eigenvalue weighted by Gasteiger charge is -2.35. The molecule has 2 aromatic rings. The van der Waals surface area contributed by atoms with Gasteiger partial charge in [0.1, 0.15) is 5.76 Å². The Bertz CT molecular complexity index is 1160. The third kappa shape index (κ3) is 2.67. The monoisotopic (exact) mass is 432 g/mol. The molecule has 7 nitrogen and oxygen atoms in total. The van der Waals surface area contributed by atoms with Crippen LogP contribution in [-0.4, -0.2) is 53.9 Å². The van der Waals surface area contributed by atoms with Crippen LogP contribution in [0, 0.1) is 6.92 Å². The van der Waals surface area contributed by atoms with E-state index in [0.717, 1.165) is 18.4 Å². The summed E-state index contributed by atoms with van der Waals surface area (Å²) in [4.78, 5) is 43.3. The van der Waals surface area contributed by atoms with Gasteiger partial charge in [0.25, 0.3) is 17.6 Å². The van der Waals surface area contributed by atoms with Crippen LogP contribution in [0.2, 0.25) is 0 Å². The molecule has 3 aliphatic rings. The molecule has 7 heteroatoms. The van der Waals surface area contributed by atoms with Crippen molar-refractivity contribution in [2.75, 3.05) is 25.1 Å². The maximum Gasteiger partial charge on any atom is 0.296 e. The van der Waals surface area contributed by atoms with Gasteiger partial charge < -0.3 is 19.6 Å². The zero-order chi connectivity index (χ0) is 22.6. The maximum absolute atomic E-state index is 13.9. The predicted molar refractivity (Wildman–Crippen MR) is 118 cm³/mol. The molecule has 5 rings (SSSR count). The summed E-state index contributed by atoms with van der Waals surface area (Å²) in [5, 5.41) is 11.3. The van der Waals surface area contributed by atoms with Crippen LogP contribution in [0.4, 0.5) is 5.69 Å². The van der Waals surface area contributed by atoms with Gasteiger partial charge in [0.2, 0.25) is 0 Å². The third-order valence-corrected chi connectivity index (χ3v) is 6.67. The van der Waals surface area contributed by atoms with Gasteiger partial charge in [-0.2, -0.15) is 0 Å². The Morgan fingerprint density at radius 2 is 1.84 bits per heavy atom. The average molecular weight is 432 g/mol. The van der Waals surface area contributed by atoms with Gasteiger partial charge in [0, 0.05) is 37.0 Å². The number of carbonyl (C=O) groups excluding carboxylic acids is 3. The number of ketones is 1. The van der Waals surface area contributed by atoms with E-state index in [1.165, 1.54) is 9.80 Å². The summed E-state index contributed by atoms with van der Waals surface area (Å²) in [7, 11) is 1.62. The van der Waals surface area contributed by atoms with Crippen molar-refractivity contribution in [3.05, 3.63) is 70.8 Å². The first-order valence-corrected chi connectivity index (χ1v) is 10.7. The lowest BCUT2D eigenvalue weighted by molar-refractivity contribution is -0.145. The molecule has 2 aromatic carbocycles. The normalized spacial score (nSPS) is 26.4. The van der Waals surface area contributed by atoms with Crippen LogP contribution < -0.4 is 4.90 Å². The number of fused-ring (bicyclic) bond motifs is 2. The highest BCUT2D eigenvalue weighted by Crippen LogP contribution is 2.53. The van der Waals surface area contributed by atoms with Gasteiger partial charge in [0.15, 0.2) is 5.54 Å². The largest absolute Gasteiger partial charge is 0.507 e. The first-order chi connectivity index (χ1) is 15.4. The quantitative estimate of drug-likeness (QED) is 0.458. The summed E-state index contributed by atoms with van der Waals surface area (Å²) in [6, 6.07) is 14.1. The van der Waals surface area contributed by atoms with Gasteiger partial charge in [0.05, 0.1) is 11.7 Å². The molecule has 1 spiro atoms. The van der Waals surface area contributed by atoms with Crippen molar-refractivity contribution in [2.24, 2.45) is 0 Å². The van der Waals surface area contributed by atoms with E-state index in [1.807, 2.05) is 6.92 Å². The average Bonchev–Trinajstić information content (AvgIpc) is 3.45. The van der Waals surface area contributed by atoms with Crippen LogP contribution in [0.25, 0.3) is 5.76 Å². The van der Waals surface area contributed by atoms with Crippen LogP contribution >= 0.6 is 0 Å². The molecular formula is C25H24N2O5. The van der Waals surface area contributed by atoms with Crippen molar-refractivity contribution < 1.29 is 24.2 Å². The van der Waals surface area contributed by atoms with E-state index < -0.39 is 23.1 Å². The van der Waals surface area contributed by atoms with Gasteiger partial charge in [-0.1, -0.05) is 48.0 Å². The molecule has 0 radical (unpaired) electrons. The third-order valence-electron chi connectivity index (χ3n) is 6.67. The van der Waals surface area contributed by atoms with Crippen LogP contribution in [0.3, 0.4) is 0 Å². The standard InChI is InChI=1S/C25H24N2O5/c1-15-9-11-16(12-10-15)21(28)20-22(29)23(30)27(14-17-6-5-13-32-17)25(20)18-7-3-4-8-19(18)26(2)24(25)31/h3-4,7-12,17,28H,5-6,13-14H2,1-2H3. The van der Waals surface area contributed by atoms with Gasteiger partial charge >= 0.3 is 0 Å². The van der Waals surface area contributed by atoms with E-state index in [2.05, 4.69) is 0 Å². The van der Waals surface area contributed by atoms with Crippen LogP contribution in [0.1, 0.15) is 29.5 Å². The Kier molecular flexibility index (Phi) is 4.67. The number of aliphatic hydroxyl groups is 1. The number of nitrogens with zero attached hydrogens (tertiary/aromatic N) is 2. The number of aliphatic hydroxyl groups excluding tert-OH is 1. The molecule has 0 saturated carbocycles. The summed E-state index contributed by atoms with van der Waals surface area (Å²) in [5.41, 5.74) is 0.568. The van der Waals surface area contributed by atoms with E-state index in [9.17, 15) is 19.5 Å². The van der Waals surface area contributed by atoms with Crippen molar-refractivity contribution >= 4 is 29.0 Å². The molecular weight excluding hydrogens is 408 g/mol. The minimum absolute atomic E-state index is 0.100. The summed E-state index contributed by atoms with van der Waals surface area (Å²) < 4.78 is 5.74. The SMILES string of the molecule is Cc1ccc(C(O)=C2C(=O)C(=O)N(CC3CCCO3)C23C(=O)N(C)c2ccccc23)cc1. The highest BCUT2D eigenvalue weighted by Gasteiger charge is 2.66. The molecule has 0 aromatic heterocycles. The number of ether oxygens (including phenoxy) is 1. The highest BCUT2D eigenvalue weighted by molar-refractivity contribution is 6.50. The fourth-order valence-corrected chi connectivity index (χ4v) is 5.07. The first-order valence-electron chi connectivity index (χ1n) is 10.7. The fraction of sp³-hybridized carbons (Fsp3) is 0.320. The Hall–Kier alpha value is -3.45. The van der Waals surface area contributed by atoms with Crippen molar-refractivity contribution in [2.45, 2.75) is 31.4 Å². The molecule has 2 saturated heterocycles. The summed E-state index contributed by atoms with van der Waals surface area (Å²) >= 11 is 0. The smallest absolute Gasteiger partial charge is 0.296 e. The Morgan fingerprint density at radius 3 is 2.53 bits per heavy atom. The second-order valence-corrected chi connectivity index (χ2v) is 8.56. The molecule has 2 amide bonds. The number of aryl methyl sites for hydroxylation is 1. The van der Waals surface area contributed by atoms with E-state index in [0.29, 0.717) is 23.4 Å². The molecule has 2 fully saturated rings. The van der Waals surface area contributed by atoms with E-state index in [1.54, 1.807) is 55.6 Å². The number of hydrogen-bond donors (Lipinski definition) is 1. The van der Waals surface area contributed by atoms with Crippen molar-refractivity contribution in [3.63, 3.8) is 0 Å². The van der Waals surface area contributed by atoms with E-state index >= 15 is 0 Å². The molecule has 0 bridgehead atoms. The summed E-state index contributed by atoms with van der Waals surface area (Å²) in [6.45, 7) is 2.59. The fourth-order valence-electron chi connectivity index (χ4n) is 5.07. The lowest BCUT2D eigenvalue weighted by atomic mass is 9.81. The van der Waals surface area contributed by atoms with E-state index in [-0.39, 0.29) is 24.0 Å². The number of carbonyl (C=O) groups is 3. The van der Waals surface area contributed by atoms with Crippen molar-refractivity contribution in [1.29, 1.82) is 0 Å². The number of likely N-dealkylation sites (tertiary alicyclic amines) is 1. The molecule has 3 aliphatic heterocycles. The molecule has 2 atom stereocenters. The lowest BCUT2D eigenvalue weighted by Crippen LogP contribution is -2.53. The van der Waals surface area contributed by atoms with Gasteiger partial charge in [-0.25, -0.2) is 0 Å². The molecule has 164 valence electrons. The van der Waals surface area contributed by atoms with Crippen LogP contribution in [0.15, 0.2) is 54.1 Å². The summed E-state index contributed by atoms with van der Waals surface area (Å²) in [5.74, 6) is -2.45. The molecule has 3 heterocycles. The molecule has 1 N–H and O–H groups in total. The maximum atomic E-state index is 13.9. The first kappa shape index (κ1) is 20.5. The number of anilines is 1. The van der Waals surface area contributed by atoms with Gasteiger partial charge in [-0.15, -0.1) is 0 Å². The van der Waals surface area contributed by atoms with Crippen molar-refractivity contribution in [3.8, 4) is 0 Å². The predicted octanol–water partition coefficient (Wildman–Crippen LogP) is 2.73. The molecule has 32 heavy (non-hydrogen) atoms. The minimum atomic E-state index is -1.72. The Balaban J connectivity index is 1.79. The second-order valence-electron chi connectivity index (χ2n) is 8.56. The Morgan fingerprint density at radius 1 is 1.12 bits per heavy atom. The summed E-state index contributed by atoms with van der Waals surface area (Å²) in [6.07, 6.45) is 1.33.